The summed E-state index contributed by atoms with van der Waals surface area (Å²) in [5, 5.41) is 0. The third-order valence-corrected chi connectivity index (χ3v) is 3.87. The quantitative estimate of drug-likeness (QED) is 0.786. The number of hydrogen-bond acceptors (Lipinski definition) is 3. The molecule has 1 aliphatic rings. The lowest BCUT2D eigenvalue weighted by molar-refractivity contribution is -0.138. The lowest BCUT2D eigenvalue weighted by atomic mass is 10.1. The third kappa shape index (κ3) is 4.56. The number of carbonyl (C=O) groups is 2. The van der Waals surface area contributed by atoms with Crippen molar-refractivity contribution in [2.24, 2.45) is 0 Å². The second kappa shape index (κ2) is 7.46. The first-order chi connectivity index (χ1) is 11.3. The standard InChI is InChI=1S/C16H18F3N3O2/c1-2-14(23)21-7-9-22(10-8-21)15(24)6-5-13-4-3-12(11-20-13)16(17,18)19/h2-4,11H,1,5-10H2. The smallest absolute Gasteiger partial charge is 0.339 e. The largest absolute Gasteiger partial charge is 0.417 e. The predicted molar refractivity (Wildman–Crippen MR) is 80.9 cm³/mol. The molecule has 8 heteroatoms. The minimum atomic E-state index is -4.41. The minimum absolute atomic E-state index is 0.0950. The molecule has 1 fully saturated rings. The number of hydrogen-bond donors (Lipinski definition) is 0. The molecule has 0 atom stereocenters. The Morgan fingerprint density at radius 3 is 2.29 bits per heavy atom. The van der Waals surface area contributed by atoms with Crippen molar-refractivity contribution in [3.05, 3.63) is 42.2 Å². The van der Waals surface area contributed by atoms with Crippen LogP contribution in [0, 0.1) is 0 Å². The normalized spacial score (nSPS) is 15.3. The van der Waals surface area contributed by atoms with Crippen molar-refractivity contribution in [2.45, 2.75) is 19.0 Å². The molecule has 1 aliphatic heterocycles. The Balaban J connectivity index is 1.81. The van der Waals surface area contributed by atoms with Crippen molar-refractivity contribution >= 4 is 11.8 Å². The molecule has 130 valence electrons. The molecule has 0 N–H and O–H groups in total. The van der Waals surface area contributed by atoms with E-state index in [-0.39, 0.29) is 24.7 Å². The fourth-order valence-corrected chi connectivity index (χ4v) is 2.44. The van der Waals surface area contributed by atoms with Gasteiger partial charge in [-0.25, -0.2) is 0 Å². The molecule has 2 heterocycles. The second-order valence-corrected chi connectivity index (χ2v) is 5.45. The minimum Gasteiger partial charge on any atom is -0.339 e. The number of alkyl halides is 3. The van der Waals surface area contributed by atoms with Crippen LogP contribution >= 0.6 is 0 Å². The van der Waals surface area contributed by atoms with Crippen LogP contribution in [-0.4, -0.2) is 52.8 Å². The van der Waals surface area contributed by atoms with E-state index in [9.17, 15) is 22.8 Å². The average molecular weight is 341 g/mol. The summed E-state index contributed by atoms with van der Waals surface area (Å²) in [4.78, 5) is 30.6. The number of carbonyl (C=O) groups excluding carboxylic acids is 2. The number of pyridine rings is 1. The van der Waals surface area contributed by atoms with Gasteiger partial charge in [-0.15, -0.1) is 0 Å². The van der Waals surface area contributed by atoms with E-state index < -0.39 is 11.7 Å². The van der Waals surface area contributed by atoms with Crippen LogP contribution in [-0.2, 0) is 22.2 Å². The van der Waals surface area contributed by atoms with E-state index in [0.717, 1.165) is 12.3 Å². The molecule has 0 unspecified atom stereocenters. The van der Waals surface area contributed by atoms with Crippen LogP contribution in [0.3, 0.4) is 0 Å². The maximum Gasteiger partial charge on any atom is 0.417 e. The van der Waals surface area contributed by atoms with Gasteiger partial charge in [0.25, 0.3) is 0 Å². The van der Waals surface area contributed by atoms with Crippen molar-refractivity contribution < 1.29 is 22.8 Å². The zero-order valence-corrected chi connectivity index (χ0v) is 13.1. The molecule has 0 aliphatic carbocycles. The topological polar surface area (TPSA) is 53.5 Å². The summed E-state index contributed by atoms with van der Waals surface area (Å²) in [6.07, 6.45) is -1.94. The third-order valence-electron chi connectivity index (χ3n) is 3.87. The molecule has 0 bridgehead atoms. The van der Waals surface area contributed by atoms with Crippen LogP contribution in [0.4, 0.5) is 13.2 Å². The van der Waals surface area contributed by atoms with E-state index in [4.69, 9.17) is 0 Å². The predicted octanol–water partition coefficient (Wildman–Crippen LogP) is 1.89. The lowest BCUT2D eigenvalue weighted by Crippen LogP contribution is -2.50. The molecular formula is C16H18F3N3O2. The van der Waals surface area contributed by atoms with Gasteiger partial charge in [-0.1, -0.05) is 6.58 Å². The van der Waals surface area contributed by atoms with Gasteiger partial charge in [-0.2, -0.15) is 13.2 Å². The van der Waals surface area contributed by atoms with Crippen LogP contribution in [0.2, 0.25) is 0 Å². The molecule has 0 saturated carbocycles. The molecule has 1 aromatic heterocycles. The Bertz CT molecular complexity index is 606. The van der Waals surface area contributed by atoms with E-state index in [1.807, 2.05) is 0 Å². The van der Waals surface area contributed by atoms with Gasteiger partial charge in [0.05, 0.1) is 5.56 Å². The Labute approximate surface area is 137 Å². The van der Waals surface area contributed by atoms with E-state index in [2.05, 4.69) is 11.6 Å². The van der Waals surface area contributed by atoms with Gasteiger partial charge in [0, 0.05) is 44.5 Å². The number of amides is 2. The highest BCUT2D eigenvalue weighted by Gasteiger charge is 2.30. The van der Waals surface area contributed by atoms with Crippen LogP contribution in [0.15, 0.2) is 31.0 Å². The number of aromatic nitrogens is 1. The zero-order chi connectivity index (χ0) is 17.7. The van der Waals surface area contributed by atoms with Crippen molar-refractivity contribution in [1.82, 2.24) is 14.8 Å². The second-order valence-electron chi connectivity index (χ2n) is 5.45. The SMILES string of the molecule is C=CC(=O)N1CCN(C(=O)CCc2ccc(C(F)(F)F)cn2)CC1. The molecule has 0 aromatic carbocycles. The van der Waals surface area contributed by atoms with E-state index in [1.54, 1.807) is 9.80 Å². The molecule has 1 aromatic rings. The van der Waals surface area contributed by atoms with E-state index in [0.29, 0.717) is 31.9 Å². The highest BCUT2D eigenvalue weighted by Crippen LogP contribution is 2.28. The number of rotatable bonds is 4. The lowest BCUT2D eigenvalue weighted by Gasteiger charge is -2.34. The number of nitrogens with zero attached hydrogens (tertiary/aromatic N) is 3. The Morgan fingerprint density at radius 2 is 1.79 bits per heavy atom. The fourth-order valence-electron chi connectivity index (χ4n) is 2.44. The molecule has 2 rings (SSSR count). The van der Waals surface area contributed by atoms with Crippen LogP contribution in [0.5, 0.6) is 0 Å². The molecule has 0 spiro atoms. The van der Waals surface area contributed by atoms with Crippen molar-refractivity contribution in [3.63, 3.8) is 0 Å². The van der Waals surface area contributed by atoms with Crippen molar-refractivity contribution in [2.75, 3.05) is 26.2 Å². The average Bonchev–Trinajstić information content (AvgIpc) is 2.58. The summed E-state index contributed by atoms with van der Waals surface area (Å²) in [5.74, 6) is -0.251. The highest BCUT2D eigenvalue weighted by atomic mass is 19.4. The summed E-state index contributed by atoms with van der Waals surface area (Å²) >= 11 is 0. The fraction of sp³-hybridized carbons (Fsp3) is 0.438. The molecular weight excluding hydrogens is 323 g/mol. The molecule has 24 heavy (non-hydrogen) atoms. The highest BCUT2D eigenvalue weighted by molar-refractivity contribution is 5.87. The van der Waals surface area contributed by atoms with Crippen LogP contribution in [0.1, 0.15) is 17.7 Å². The summed E-state index contributed by atoms with van der Waals surface area (Å²) in [6.45, 7) is 5.22. The van der Waals surface area contributed by atoms with Gasteiger partial charge < -0.3 is 9.80 Å². The maximum absolute atomic E-state index is 12.5. The van der Waals surface area contributed by atoms with E-state index >= 15 is 0 Å². The van der Waals surface area contributed by atoms with Crippen LogP contribution < -0.4 is 0 Å². The summed E-state index contributed by atoms with van der Waals surface area (Å²) in [6, 6.07) is 2.25. The van der Waals surface area contributed by atoms with Gasteiger partial charge in [0.1, 0.15) is 0 Å². The number of aryl methyl sites for hydroxylation is 1. The van der Waals surface area contributed by atoms with Gasteiger partial charge in [0.15, 0.2) is 0 Å². The zero-order valence-electron chi connectivity index (χ0n) is 13.1. The molecule has 0 radical (unpaired) electrons. The van der Waals surface area contributed by atoms with Gasteiger partial charge in [-0.3, -0.25) is 14.6 Å². The van der Waals surface area contributed by atoms with Crippen molar-refractivity contribution in [1.29, 1.82) is 0 Å². The van der Waals surface area contributed by atoms with Gasteiger partial charge in [0.2, 0.25) is 11.8 Å². The molecule has 2 amide bonds. The first kappa shape index (κ1) is 18.0. The monoisotopic (exact) mass is 341 g/mol. The Kier molecular flexibility index (Phi) is 5.58. The van der Waals surface area contributed by atoms with E-state index in [1.165, 1.54) is 12.1 Å². The summed E-state index contributed by atoms with van der Waals surface area (Å²) in [5.41, 5.74) is -0.364. The first-order valence-electron chi connectivity index (χ1n) is 7.52. The Hall–Kier alpha value is -2.38. The van der Waals surface area contributed by atoms with Gasteiger partial charge >= 0.3 is 6.18 Å². The number of piperazine rings is 1. The van der Waals surface area contributed by atoms with Crippen LogP contribution in [0.25, 0.3) is 0 Å². The van der Waals surface area contributed by atoms with Gasteiger partial charge in [-0.05, 0) is 24.6 Å². The first-order valence-corrected chi connectivity index (χ1v) is 7.52. The maximum atomic E-state index is 12.5. The Morgan fingerprint density at radius 1 is 1.17 bits per heavy atom. The summed E-state index contributed by atoms with van der Waals surface area (Å²) < 4.78 is 37.4. The summed E-state index contributed by atoms with van der Waals surface area (Å²) in [7, 11) is 0. The number of halogens is 3. The molecule has 1 saturated heterocycles. The molecule has 5 nitrogen and oxygen atoms in total. The van der Waals surface area contributed by atoms with Crippen molar-refractivity contribution in [3.8, 4) is 0 Å².